The SMILES string of the molecule is C[C@@H](O)[C@H](NC(=O)C1CC1)c1nc(Cc2ccc(Cl)cc2)no1. The molecule has 1 amide bonds. The molecule has 0 spiro atoms. The highest BCUT2D eigenvalue weighted by atomic mass is 35.5. The number of aromatic nitrogens is 2. The Morgan fingerprint density at radius 3 is 2.74 bits per heavy atom. The Labute approximate surface area is 138 Å². The molecular weight excluding hydrogens is 318 g/mol. The summed E-state index contributed by atoms with van der Waals surface area (Å²) in [5, 5.41) is 17.3. The van der Waals surface area contributed by atoms with Gasteiger partial charge in [-0.2, -0.15) is 4.98 Å². The lowest BCUT2D eigenvalue weighted by Crippen LogP contribution is -2.36. The number of aliphatic hydroxyl groups is 1. The van der Waals surface area contributed by atoms with Crippen LogP contribution in [0.5, 0.6) is 0 Å². The monoisotopic (exact) mass is 335 g/mol. The van der Waals surface area contributed by atoms with Gasteiger partial charge in [-0.3, -0.25) is 4.79 Å². The molecule has 1 aliphatic carbocycles. The van der Waals surface area contributed by atoms with Crippen molar-refractivity contribution in [3.8, 4) is 0 Å². The maximum atomic E-state index is 11.9. The van der Waals surface area contributed by atoms with Gasteiger partial charge in [-0.1, -0.05) is 28.9 Å². The van der Waals surface area contributed by atoms with Gasteiger partial charge < -0.3 is 14.9 Å². The highest BCUT2D eigenvalue weighted by Gasteiger charge is 2.34. The van der Waals surface area contributed by atoms with Crippen LogP contribution in [0, 0.1) is 5.92 Å². The first kappa shape index (κ1) is 16.0. The van der Waals surface area contributed by atoms with Gasteiger partial charge in [-0.25, -0.2) is 0 Å². The number of carbonyl (C=O) groups is 1. The van der Waals surface area contributed by atoms with Gasteiger partial charge in [0.1, 0.15) is 6.04 Å². The Morgan fingerprint density at radius 2 is 2.13 bits per heavy atom. The summed E-state index contributed by atoms with van der Waals surface area (Å²) in [5.41, 5.74) is 0.998. The zero-order valence-corrected chi connectivity index (χ0v) is 13.5. The molecule has 0 aliphatic heterocycles. The molecule has 3 rings (SSSR count). The van der Waals surface area contributed by atoms with Crippen LogP contribution in [0.4, 0.5) is 0 Å². The minimum absolute atomic E-state index is 0.0488. The van der Waals surface area contributed by atoms with E-state index in [1.807, 2.05) is 12.1 Å². The van der Waals surface area contributed by atoms with Crippen molar-refractivity contribution in [2.24, 2.45) is 5.92 Å². The summed E-state index contributed by atoms with van der Waals surface area (Å²) < 4.78 is 5.22. The minimum Gasteiger partial charge on any atom is -0.391 e. The van der Waals surface area contributed by atoms with Crippen molar-refractivity contribution in [2.45, 2.75) is 38.3 Å². The second-order valence-corrected chi connectivity index (χ2v) is 6.29. The number of hydrogen-bond donors (Lipinski definition) is 2. The summed E-state index contributed by atoms with van der Waals surface area (Å²) in [6, 6.07) is 6.69. The fourth-order valence-corrected chi connectivity index (χ4v) is 2.38. The Bertz CT molecular complexity index is 680. The van der Waals surface area contributed by atoms with E-state index in [0.717, 1.165) is 18.4 Å². The summed E-state index contributed by atoms with van der Waals surface area (Å²) in [6.07, 6.45) is 1.46. The quantitative estimate of drug-likeness (QED) is 0.845. The Morgan fingerprint density at radius 1 is 1.43 bits per heavy atom. The first-order chi connectivity index (χ1) is 11.0. The van der Waals surface area contributed by atoms with Crippen LogP contribution < -0.4 is 5.32 Å². The molecule has 6 nitrogen and oxygen atoms in total. The van der Waals surface area contributed by atoms with E-state index < -0.39 is 12.1 Å². The maximum absolute atomic E-state index is 11.9. The van der Waals surface area contributed by atoms with Crippen molar-refractivity contribution < 1.29 is 14.4 Å². The second-order valence-electron chi connectivity index (χ2n) is 5.85. The number of benzene rings is 1. The lowest BCUT2D eigenvalue weighted by molar-refractivity contribution is -0.124. The summed E-state index contributed by atoms with van der Waals surface area (Å²) in [6.45, 7) is 1.58. The van der Waals surface area contributed by atoms with Gasteiger partial charge in [0.2, 0.25) is 5.91 Å². The van der Waals surface area contributed by atoms with E-state index in [1.54, 1.807) is 19.1 Å². The number of halogens is 1. The van der Waals surface area contributed by atoms with E-state index in [4.69, 9.17) is 16.1 Å². The van der Waals surface area contributed by atoms with E-state index in [-0.39, 0.29) is 17.7 Å². The number of amides is 1. The molecule has 1 aliphatic rings. The van der Waals surface area contributed by atoms with Crippen molar-refractivity contribution in [3.05, 3.63) is 46.6 Å². The lowest BCUT2D eigenvalue weighted by atomic mass is 10.1. The van der Waals surface area contributed by atoms with E-state index in [2.05, 4.69) is 15.5 Å². The van der Waals surface area contributed by atoms with Crippen LogP contribution >= 0.6 is 11.6 Å². The molecule has 1 aromatic carbocycles. The summed E-state index contributed by atoms with van der Waals surface area (Å²) >= 11 is 5.86. The average Bonchev–Trinajstić information content (AvgIpc) is 3.27. The molecular formula is C16H18ClN3O3. The van der Waals surface area contributed by atoms with Crippen LogP contribution in [0.15, 0.2) is 28.8 Å². The summed E-state index contributed by atoms with van der Waals surface area (Å²) in [7, 11) is 0. The van der Waals surface area contributed by atoms with Crippen molar-refractivity contribution in [1.29, 1.82) is 0 Å². The Kier molecular flexibility index (Phi) is 4.63. The highest BCUT2D eigenvalue weighted by molar-refractivity contribution is 6.30. The van der Waals surface area contributed by atoms with Crippen molar-refractivity contribution in [1.82, 2.24) is 15.5 Å². The zero-order valence-electron chi connectivity index (χ0n) is 12.7. The number of nitrogens with one attached hydrogen (secondary N) is 1. The molecule has 2 N–H and O–H groups in total. The maximum Gasteiger partial charge on any atom is 0.251 e. The molecule has 1 saturated carbocycles. The van der Waals surface area contributed by atoms with E-state index in [9.17, 15) is 9.90 Å². The van der Waals surface area contributed by atoms with Crippen molar-refractivity contribution in [2.75, 3.05) is 0 Å². The topological polar surface area (TPSA) is 88.2 Å². The van der Waals surface area contributed by atoms with E-state index >= 15 is 0 Å². The third-order valence-corrected chi connectivity index (χ3v) is 4.01. The van der Waals surface area contributed by atoms with Crippen LogP contribution in [0.2, 0.25) is 5.02 Å². The number of hydrogen-bond acceptors (Lipinski definition) is 5. The minimum atomic E-state index is -0.818. The van der Waals surface area contributed by atoms with Gasteiger partial charge in [0.25, 0.3) is 5.89 Å². The predicted molar refractivity (Wildman–Crippen MR) is 83.8 cm³/mol. The first-order valence-electron chi connectivity index (χ1n) is 7.58. The van der Waals surface area contributed by atoms with Crippen LogP contribution in [-0.2, 0) is 11.2 Å². The van der Waals surface area contributed by atoms with Gasteiger partial charge in [0.15, 0.2) is 5.82 Å². The van der Waals surface area contributed by atoms with Gasteiger partial charge in [0, 0.05) is 17.4 Å². The standard InChI is InChI=1S/C16H18ClN3O3/c1-9(21)14(19-15(22)11-4-5-11)16-18-13(20-23-16)8-10-2-6-12(17)7-3-10/h2-3,6-7,9,11,14,21H,4-5,8H2,1H3,(H,19,22)/t9-,14+/m1/s1. The molecule has 2 atom stereocenters. The molecule has 2 aromatic rings. The molecule has 1 fully saturated rings. The third kappa shape index (κ3) is 4.09. The molecule has 1 aromatic heterocycles. The molecule has 0 saturated heterocycles. The van der Waals surface area contributed by atoms with Crippen LogP contribution in [-0.4, -0.2) is 27.3 Å². The summed E-state index contributed by atoms with van der Waals surface area (Å²) in [4.78, 5) is 16.2. The van der Waals surface area contributed by atoms with Crippen LogP contribution in [0.3, 0.4) is 0 Å². The van der Waals surface area contributed by atoms with Crippen molar-refractivity contribution >= 4 is 17.5 Å². The number of carbonyl (C=O) groups excluding carboxylic acids is 1. The van der Waals surface area contributed by atoms with Gasteiger partial charge in [-0.05, 0) is 37.5 Å². The molecule has 0 radical (unpaired) electrons. The fourth-order valence-electron chi connectivity index (χ4n) is 2.26. The van der Waals surface area contributed by atoms with Crippen molar-refractivity contribution in [3.63, 3.8) is 0 Å². The first-order valence-corrected chi connectivity index (χ1v) is 7.96. The predicted octanol–water partition coefficient (Wildman–Crippen LogP) is 2.26. The number of rotatable bonds is 6. The average molecular weight is 336 g/mol. The van der Waals surface area contributed by atoms with Gasteiger partial charge >= 0.3 is 0 Å². The highest BCUT2D eigenvalue weighted by Crippen LogP contribution is 2.30. The molecule has 1 heterocycles. The van der Waals surface area contributed by atoms with E-state index in [0.29, 0.717) is 17.3 Å². The van der Waals surface area contributed by atoms with E-state index in [1.165, 1.54) is 0 Å². The molecule has 0 bridgehead atoms. The number of nitrogens with zero attached hydrogens (tertiary/aromatic N) is 2. The smallest absolute Gasteiger partial charge is 0.251 e. The zero-order chi connectivity index (χ0) is 16.4. The molecule has 7 heteroatoms. The Balaban J connectivity index is 1.70. The summed E-state index contributed by atoms with van der Waals surface area (Å²) in [5.74, 6) is 0.688. The largest absolute Gasteiger partial charge is 0.391 e. The lowest BCUT2D eigenvalue weighted by Gasteiger charge is -2.17. The number of aliphatic hydroxyl groups excluding tert-OH is 1. The van der Waals surface area contributed by atoms with Gasteiger partial charge in [-0.15, -0.1) is 0 Å². The molecule has 0 unspecified atom stereocenters. The van der Waals surface area contributed by atoms with Crippen LogP contribution in [0.1, 0.15) is 43.1 Å². The molecule has 122 valence electrons. The normalized spacial score (nSPS) is 16.8. The van der Waals surface area contributed by atoms with Crippen LogP contribution in [0.25, 0.3) is 0 Å². The fraction of sp³-hybridized carbons (Fsp3) is 0.438. The second kappa shape index (κ2) is 6.68. The molecule has 23 heavy (non-hydrogen) atoms. The third-order valence-electron chi connectivity index (χ3n) is 3.75. The Hall–Kier alpha value is -1.92. The van der Waals surface area contributed by atoms with Gasteiger partial charge in [0.05, 0.1) is 6.10 Å².